The van der Waals surface area contributed by atoms with Gasteiger partial charge in [-0.3, -0.25) is 14.4 Å². The topological polar surface area (TPSA) is 136 Å². The minimum Gasteiger partial charge on any atom is -0.481 e. The van der Waals surface area contributed by atoms with E-state index < -0.39 is 45.4 Å². The second-order valence-corrected chi connectivity index (χ2v) is 15.5. The van der Waals surface area contributed by atoms with E-state index in [0.29, 0.717) is 19.3 Å². The Labute approximate surface area is 231 Å². The Morgan fingerprint density at radius 3 is 1.45 bits per heavy atom. The van der Waals surface area contributed by atoms with E-state index in [4.69, 9.17) is 0 Å². The lowest BCUT2D eigenvalue weighted by molar-refractivity contribution is -0.149. The van der Waals surface area contributed by atoms with Crippen LogP contribution in [0.15, 0.2) is 0 Å². The van der Waals surface area contributed by atoms with Crippen molar-refractivity contribution in [2.75, 3.05) is 7.05 Å². The number of carbonyl (C=O) groups is 3. The number of carbonyl (C=O) groups excluding carboxylic acids is 2. The number of carboxylic acids is 1. The van der Waals surface area contributed by atoms with E-state index in [0.717, 1.165) is 0 Å². The van der Waals surface area contributed by atoms with Crippen molar-refractivity contribution in [3.05, 3.63) is 0 Å². The molecule has 38 heavy (non-hydrogen) atoms. The normalized spacial score (nSPS) is 15.8. The molecule has 0 aromatic rings. The zero-order valence-corrected chi connectivity index (χ0v) is 26.6. The van der Waals surface area contributed by atoms with E-state index >= 15 is 0 Å². The van der Waals surface area contributed by atoms with Gasteiger partial charge in [0.2, 0.25) is 5.91 Å². The van der Waals surface area contributed by atoms with Gasteiger partial charge in [0.05, 0.1) is 5.41 Å². The van der Waals surface area contributed by atoms with Gasteiger partial charge in [0, 0.05) is 28.3 Å². The Kier molecular flexibility index (Phi) is 11.9. The molecule has 0 heterocycles. The molecule has 0 radical (unpaired) electrons. The third kappa shape index (κ3) is 9.91. The second kappa shape index (κ2) is 12.3. The van der Waals surface area contributed by atoms with E-state index in [1.54, 1.807) is 34.6 Å². The first-order valence-corrected chi connectivity index (χ1v) is 13.7. The van der Waals surface area contributed by atoms with Crippen molar-refractivity contribution < 1.29 is 29.7 Å². The molecular weight excluding hydrogens is 484 g/mol. The Morgan fingerprint density at radius 1 is 0.658 bits per heavy atom. The summed E-state index contributed by atoms with van der Waals surface area (Å²) < 4.78 is 0. The Bertz CT molecular complexity index is 840. The fraction of sp³-hybridized carbons (Fsp3) is 0.900. The summed E-state index contributed by atoms with van der Waals surface area (Å²) in [6.45, 7) is 24.1. The molecule has 0 rings (SSSR count). The van der Waals surface area contributed by atoms with Crippen LogP contribution in [0.25, 0.3) is 0 Å². The number of aliphatic carboxylic acids is 1. The predicted molar refractivity (Wildman–Crippen MR) is 152 cm³/mol. The van der Waals surface area contributed by atoms with Crippen molar-refractivity contribution in [2.45, 2.75) is 134 Å². The Balaban J connectivity index is 6.15. The van der Waals surface area contributed by atoms with Gasteiger partial charge in [-0.2, -0.15) is 0 Å². The molecule has 0 bridgehead atoms. The first kappa shape index (κ1) is 36.5. The molecule has 5 N–H and O–H groups in total. The molecule has 0 saturated heterocycles. The lowest BCUT2D eigenvalue weighted by atomic mass is 9.65. The standard InChI is InChI=1S/C30H58N2O6/c1-19(33)27(6,7)17-29(10,11)21(16-26(4,5)24(37)38)32-22(34)30(12,13)18-28(8,9)20(31-14)15-25(2,3)23(35)36/h20-21,23,31,35-36H,15-18H2,1-14H3,(H,32,34)(H,37,38). The highest BCUT2D eigenvalue weighted by atomic mass is 16.5. The highest BCUT2D eigenvalue weighted by Crippen LogP contribution is 2.43. The second-order valence-electron chi connectivity index (χ2n) is 15.5. The number of nitrogens with one attached hydrogen (secondary N) is 2. The maximum Gasteiger partial charge on any atom is 0.309 e. The summed E-state index contributed by atoms with van der Waals surface area (Å²) in [6.07, 6.45) is 0.237. The fourth-order valence-electron chi connectivity index (χ4n) is 5.60. The van der Waals surface area contributed by atoms with E-state index in [-0.39, 0.29) is 29.6 Å². The molecule has 8 heteroatoms. The Morgan fingerprint density at radius 2 is 1.08 bits per heavy atom. The quantitative estimate of drug-likeness (QED) is 0.177. The number of amides is 1. The van der Waals surface area contributed by atoms with Crippen LogP contribution in [0.3, 0.4) is 0 Å². The van der Waals surface area contributed by atoms with Crippen molar-refractivity contribution in [3.63, 3.8) is 0 Å². The number of rotatable bonds is 16. The molecular formula is C30H58N2O6. The van der Waals surface area contributed by atoms with Gasteiger partial charge in [0.15, 0.2) is 6.29 Å². The zero-order valence-electron chi connectivity index (χ0n) is 26.6. The summed E-state index contributed by atoms with van der Waals surface area (Å²) in [6, 6.07) is -0.577. The number of Topliss-reactive ketones (excluding diaryl/α,β-unsaturated/α-hetero) is 1. The van der Waals surface area contributed by atoms with Gasteiger partial charge in [0.25, 0.3) is 0 Å². The molecule has 224 valence electrons. The number of aliphatic hydroxyl groups is 2. The first-order chi connectivity index (χ1) is 16.6. The van der Waals surface area contributed by atoms with Gasteiger partial charge in [-0.15, -0.1) is 0 Å². The average Bonchev–Trinajstić information content (AvgIpc) is 2.69. The van der Waals surface area contributed by atoms with Crippen molar-refractivity contribution >= 4 is 17.7 Å². The largest absolute Gasteiger partial charge is 0.481 e. The van der Waals surface area contributed by atoms with Gasteiger partial charge < -0.3 is 26.0 Å². The molecule has 0 aliphatic carbocycles. The molecule has 1 amide bonds. The van der Waals surface area contributed by atoms with Gasteiger partial charge >= 0.3 is 5.97 Å². The van der Waals surface area contributed by atoms with Crippen LogP contribution >= 0.6 is 0 Å². The molecule has 2 unspecified atom stereocenters. The van der Waals surface area contributed by atoms with Crippen LogP contribution in [-0.4, -0.2) is 58.4 Å². The number of ketones is 1. The summed E-state index contributed by atoms with van der Waals surface area (Å²) in [5.74, 6) is -1.07. The molecule has 0 spiro atoms. The molecule has 0 saturated carbocycles. The zero-order chi connectivity index (χ0) is 30.7. The summed E-state index contributed by atoms with van der Waals surface area (Å²) >= 11 is 0. The van der Waals surface area contributed by atoms with Gasteiger partial charge in [-0.25, -0.2) is 0 Å². The third-order valence-electron chi connectivity index (χ3n) is 8.63. The van der Waals surface area contributed by atoms with Crippen LogP contribution in [0.4, 0.5) is 0 Å². The highest BCUT2D eigenvalue weighted by Gasteiger charge is 2.46. The smallest absolute Gasteiger partial charge is 0.309 e. The summed E-state index contributed by atoms with van der Waals surface area (Å²) in [7, 11) is 1.84. The van der Waals surface area contributed by atoms with Crippen LogP contribution in [0.5, 0.6) is 0 Å². The Hall–Kier alpha value is -1.51. The number of hydrogen-bond acceptors (Lipinski definition) is 6. The van der Waals surface area contributed by atoms with Crippen molar-refractivity contribution in [2.24, 2.45) is 32.5 Å². The summed E-state index contributed by atoms with van der Waals surface area (Å²) in [5.41, 5.74) is -4.19. The monoisotopic (exact) mass is 542 g/mol. The van der Waals surface area contributed by atoms with Crippen molar-refractivity contribution in [3.8, 4) is 0 Å². The molecule has 0 aliphatic rings. The summed E-state index contributed by atoms with van der Waals surface area (Å²) in [4.78, 5) is 38.2. The highest BCUT2D eigenvalue weighted by molar-refractivity contribution is 5.83. The van der Waals surface area contributed by atoms with E-state index in [1.165, 1.54) is 0 Å². The van der Waals surface area contributed by atoms with Crippen LogP contribution in [0, 0.1) is 32.5 Å². The van der Waals surface area contributed by atoms with Crippen LogP contribution in [0.1, 0.15) is 116 Å². The van der Waals surface area contributed by atoms with Crippen LogP contribution in [-0.2, 0) is 14.4 Å². The lowest BCUT2D eigenvalue weighted by Gasteiger charge is -2.45. The van der Waals surface area contributed by atoms with Crippen LogP contribution in [0.2, 0.25) is 0 Å². The third-order valence-corrected chi connectivity index (χ3v) is 8.63. The van der Waals surface area contributed by atoms with Crippen LogP contribution < -0.4 is 10.6 Å². The molecule has 0 fully saturated rings. The molecule has 2 atom stereocenters. The predicted octanol–water partition coefficient (Wildman–Crippen LogP) is 4.76. The molecule has 0 aromatic heterocycles. The lowest BCUT2D eigenvalue weighted by Crippen LogP contribution is -2.54. The fourth-order valence-corrected chi connectivity index (χ4v) is 5.60. The van der Waals surface area contributed by atoms with Gasteiger partial charge in [-0.05, 0) is 64.3 Å². The minimum absolute atomic E-state index is 0.0456. The van der Waals surface area contributed by atoms with E-state index in [9.17, 15) is 29.7 Å². The minimum atomic E-state index is -1.47. The molecule has 8 nitrogen and oxygen atoms in total. The van der Waals surface area contributed by atoms with Crippen molar-refractivity contribution in [1.82, 2.24) is 10.6 Å². The van der Waals surface area contributed by atoms with Gasteiger partial charge in [-0.1, -0.05) is 69.2 Å². The number of aliphatic hydroxyl groups excluding tert-OH is 1. The van der Waals surface area contributed by atoms with Crippen molar-refractivity contribution in [1.29, 1.82) is 0 Å². The van der Waals surface area contributed by atoms with E-state index in [1.807, 2.05) is 48.6 Å². The molecule has 0 aliphatic heterocycles. The first-order valence-electron chi connectivity index (χ1n) is 13.7. The number of hydrogen-bond donors (Lipinski definition) is 5. The SMILES string of the molecule is CNC(CC(C)(C)C(O)O)C(C)(C)CC(C)(C)C(=O)NC(CC(C)(C)C(=O)O)C(C)(C)CC(C)(C)C(C)=O. The maximum absolute atomic E-state index is 13.8. The van der Waals surface area contributed by atoms with Gasteiger partial charge in [0.1, 0.15) is 5.78 Å². The number of carboxylic acid groups (broad SMARTS) is 1. The van der Waals surface area contributed by atoms with E-state index in [2.05, 4.69) is 24.5 Å². The average molecular weight is 543 g/mol. The maximum atomic E-state index is 13.8. The molecule has 0 aromatic carbocycles. The summed E-state index contributed by atoms with van der Waals surface area (Å²) in [5, 5.41) is 36.0.